The van der Waals surface area contributed by atoms with Gasteiger partial charge in [0.25, 0.3) is 0 Å². The van der Waals surface area contributed by atoms with Crippen molar-refractivity contribution in [2.45, 2.75) is 116 Å². The van der Waals surface area contributed by atoms with E-state index < -0.39 is 11.2 Å². The number of hydrogen-bond donors (Lipinski definition) is 0. The Bertz CT molecular complexity index is 1190. The number of hydrogen-bond acceptors (Lipinski definition) is 5. The molecule has 4 fully saturated rings. The zero-order valence-electron chi connectivity index (χ0n) is 22.0. The Morgan fingerprint density at radius 2 is 1.57 bits per heavy atom. The molecule has 1 spiro atoms. The second-order valence-electron chi connectivity index (χ2n) is 13.3. The summed E-state index contributed by atoms with van der Waals surface area (Å²) in [7, 11) is 0. The van der Waals surface area contributed by atoms with Crippen molar-refractivity contribution >= 4 is 11.9 Å². The van der Waals surface area contributed by atoms with Crippen LogP contribution in [0.3, 0.4) is 0 Å². The molecule has 0 unspecified atom stereocenters. The van der Waals surface area contributed by atoms with Gasteiger partial charge in [0.1, 0.15) is 11.7 Å². The van der Waals surface area contributed by atoms with Gasteiger partial charge >= 0.3 is 11.9 Å². The topological polar surface area (TPSA) is 65.1 Å². The average molecular weight is 479 g/mol. The van der Waals surface area contributed by atoms with Gasteiger partial charge in [-0.15, -0.1) is 0 Å². The van der Waals surface area contributed by atoms with Crippen LogP contribution in [0.5, 0.6) is 0 Å². The average Bonchev–Trinajstić information content (AvgIpc) is 3.43. The first kappa shape index (κ1) is 22.3. The Labute approximate surface area is 208 Å². The minimum atomic E-state index is -1.10. The number of allylic oxidation sites excluding steroid dienone is 1. The van der Waals surface area contributed by atoms with Crippen LogP contribution >= 0.6 is 0 Å². The molecule has 4 aliphatic carbocycles. The Morgan fingerprint density at radius 1 is 0.886 bits per heavy atom. The van der Waals surface area contributed by atoms with Gasteiger partial charge in [0.05, 0.1) is 0 Å². The van der Waals surface area contributed by atoms with Crippen molar-refractivity contribution in [1.29, 1.82) is 0 Å². The maximum atomic E-state index is 13.4. The predicted molar refractivity (Wildman–Crippen MR) is 130 cm³/mol. The van der Waals surface area contributed by atoms with Crippen molar-refractivity contribution in [3.63, 3.8) is 0 Å². The number of rotatable bonds is 1. The van der Waals surface area contributed by atoms with Gasteiger partial charge in [-0.05, 0) is 93.3 Å². The van der Waals surface area contributed by atoms with Crippen LogP contribution in [0.25, 0.3) is 0 Å². The van der Waals surface area contributed by atoms with E-state index in [1.165, 1.54) is 18.4 Å². The lowest BCUT2D eigenvalue weighted by Crippen LogP contribution is -2.67. The molecule has 0 aromatic rings. The highest BCUT2D eigenvalue weighted by Gasteiger charge is 2.87. The standard InChI is InChI=1S/C30H38O5/c1-16-9-7-11-20-13-29(21(14-26(16,20)5)18(3)23(31)33-29)30-22(19(4)24(32)34-30)15-27(6)17(2)10-8-12-28(27)25(30)35-28/h13,16-17,25H,7-12,14-15H2,1-6H3/t16-,17-,25+,26+,27+,28-,29-,30+/m1/s1. The molecule has 7 aliphatic rings. The second-order valence-corrected chi connectivity index (χ2v) is 13.3. The highest BCUT2D eigenvalue weighted by atomic mass is 16.7. The third kappa shape index (κ3) is 2.20. The normalized spacial score (nSPS) is 52.1. The van der Waals surface area contributed by atoms with Crippen LogP contribution in [-0.4, -0.2) is 34.8 Å². The second kappa shape index (κ2) is 6.33. The monoisotopic (exact) mass is 478 g/mol. The largest absolute Gasteiger partial charge is 0.443 e. The molecule has 5 nitrogen and oxygen atoms in total. The Morgan fingerprint density at radius 3 is 2.34 bits per heavy atom. The summed E-state index contributed by atoms with van der Waals surface area (Å²) < 4.78 is 19.8. The fourth-order valence-electron chi connectivity index (χ4n) is 9.38. The van der Waals surface area contributed by atoms with Crippen LogP contribution in [-0.2, 0) is 23.8 Å². The maximum Gasteiger partial charge on any atom is 0.335 e. The molecule has 3 heterocycles. The van der Waals surface area contributed by atoms with Crippen LogP contribution < -0.4 is 0 Å². The molecule has 7 rings (SSSR count). The first-order valence-corrected chi connectivity index (χ1v) is 13.7. The van der Waals surface area contributed by atoms with Gasteiger partial charge in [0.15, 0.2) is 5.60 Å². The number of esters is 2. The third-order valence-electron chi connectivity index (χ3n) is 12.1. The fourth-order valence-corrected chi connectivity index (χ4v) is 9.38. The van der Waals surface area contributed by atoms with Crippen molar-refractivity contribution < 1.29 is 23.8 Å². The molecule has 8 atom stereocenters. The molecule has 0 aromatic carbocycles. The van der Waals surface area contributed by atoms with Crippen LogP contribution in [0.2, 0.25) is 0 Å². The number of carbonyl (C=O) groups excluding carboxylic acids is 2. The summed E-state index contributed by atoms with van der Waals surface area (Å²) in [5, 5.41) is 0. The maximum absolute atomic E-state index is 13.4. The lowest BCUT2D eigenvalue weighted by atomic mass is 9.47. The molecule has 188 valence electrons. The number of epoxide rings is 1. The zero-order chi connectivity index (χ0) is 24.8. The quantitative estimate of drug-likeness (QED) is 0.273. The molecule has 0 bridgehead atoms. The van der Waals surface area contributed by atoms with Crippen molar-refractivity contribution in [3.8, 4) is 0 Å². The molecule has 0 aromatic heterocycles. The van der Waals surface area contributed by atoms with Crippen LogP contribution in [0, 0.1) is 22.7 Å². The third-order valence-corrected chi connectivity index (χ3v) is 12.1. The van der Waals surface area contributed by atoms with Gasteiger partial charge in [-0.1, -0.05) is 39.7 Å². The molecule has 0 amide bonds. The lowest BCUT2D eigenvalue weighted by molar-refractivity contribution is -0.182. The molecule has 5 heteroatoms. The van der Waals surface area contributed by atoms with E-state index in [-0.39, 0.29) is 34.5 Å². The summed E-state index contributed by atoms with van der Waals surface area (Å²) in [6, 6.07) is 0. The van der Waals surface area contributed by atoms with Gasteiger partial charge in [-0.3, -0.25) is 0 Å². The van der Waals surface area contributed by atoms with E-state index in [2.05, 4.69) is 33.8 Å². The van der Waals surface area contributed by atoms with Crippen molar-refractivity contribution in [3.05, 3.63) is 33.9 Å². The van der Waals surface area contributed by atoms with E-state index in [1.807, 2.05) is 13.8 Å². The summed E-state index contributed by atoms with van der Waals surface area (Å²) in [6.45, 7) is 13.2. The molecule has 35 heavy (non-hydrogen) atoms. The molecule has 3 saturated carbocycles. The predicted octanol–water partition coefficient (Wildman–Crippen LogP) is 5.73. The van der Waals surface area contributed by atoms with Gasteiger partial charge in [-0.25, -0.2) is 9.59 Å². The summed E-state index contributed by atoms with van der Waals surface area (Å²) >= 11 is 0. The van der Waals surface area contributed by atoms with Crippen LogP contribution in [0.4, 0.5) is 0 Å². The SMILES string of the molecule is CC1=C2C[C@]3(C)C(=C[C@@]2([C@]24OC(=O)C(C)=C2C[C@@]2(C)[C@H](C)CCC[C@]25O[C@@H]54)OC1=O)CCC[C@H]3C. The van der Waals surface area contributed by atoms with Gasteiger partial charge in [0.2, 0.25) is 5.60 Å². The smallest absolute Gasteiger partial charge is 0.335 e. The highest BCUT2D eigenvalue weighted by molar-refractivity contribution is 5.97. The molecule has 3 aliphatic heterocycles. The van der Waals surface area contributed by atoms with Gasteiger partial charge in [0, 0.05) is 16.6 Å². The fraction of sp³-hybridized carbons (Fsp3) is 0.733. The number of ether oxygens (including phenoxy) is 3. The van der Waals surface area contributed by atoms with Gasteiger partial charge < -0.3 is 14.2 Å². The number of fused-ring (bicyclic) bond motifs is 5. The zero-order valence-corrected chi connectivity index (χ0v) is 22.0. The van der Waals surface area contributed by atoms with E-state index >= 15 is 0 Å². The minimum Gasteiger partial charge on any atom is -0.443 e. The van der Waals surface area contributed by atoms with Crippen molar-refractivity contribution in [1.82, 2.24) is 0 Å². The Balaban J connectivity index is 1.50. The lowest BCUT2D eigenvalue weighted by Gasteiger charge is -2.57. The molecular formula is C30H38O5. The highest BCUT2D eigenvalue weighted by Crippen LogP contribution is 2.76. The first-order chi connectivity index (χ1) is 16.5. The summed E-state index contributed by atoms with van der Waals surface area (Å²) in [5.41, 5.74) is 2.17. The molecule has 0 radical (unpaired) electrons. The minimum absolute atomic E-state index is 0.00483. The van der Waals surface area contributed by atoms with E-state index in [0.717, 1.165) is 49.7 Å². The van der Waals surface area contributed by atoms with E-state index in [1.54, 1.807) is 0 Å². The van der Waals surface area contributed by atoms with E-state index in [0.29, 0.717) is 23.0 Å². The Hall–Kier alpha value is -1.88. The molecule has 0 N–H and O–H groups in total. The van der Waals surface area contributed by atoms with Crippen molar-refractivity contribution in [2.75, 3.05) is 0 Å². The Kier molecular flexibility index (Phi) is 4.04. The molecular weight excluding hydrogens is 440 g/mol. The summed E-state index contributed by atoms with van der Waals surface area (Å²) in [4.78, 5) is 26.7. The first-order valence-electron chi connectivity index (χ1n) is 13.7. The van der Waals surface area contributed by atoms with Gasteiger partial charge in [-0.2, -0.15) is 0 Å². The van der Waals surface area contributed by atoms with E-state index in [4.69, 9.17) is 14.2 Å². The molecule has 1 saturated heterocycles. The van der Waals surface area contributed by atoms with Crippen LogP contribution in [0.15, 0.2) is 33.9 Å². The van der Waals surface area contributed by atoms with E-state index in [9.17, 15) is 9.59 Å². The van der Waals surface area contributed by atoms with Crippen molar-refractivity contribution in [2.24, 2.45) is 22.7 Å². The number of carbonyl (C=O) groups is 2. The summed E-state index contributed by atoms with van der Waals surface area (Å²) in [6.07, 6.45) is 10.1. The summed E-state index contributed by atoms with van der Waals surface area (Å²) in [5.74, 6) is 0.455. The van der Waals surface area contributed by atoms with Crippen LogP contribution in [0.1, 0.15) is 92.9 Å².